The van der Waals surface area contributed by atoms with Crippen molar-refractivity contribution >= 4 is 0 Å². The molecule has 0 radical (unpaired) electrons. The molecule has 0 spiro atoms. The second-order valence-electron chi connectivity index (χ2n) is 6.08. The van der Waals surface area contributed by atoms with E-state index in [1.54, 1.807) is 0 Å². The molecule has 0 aliphatic carbocycles. The summed E-state index contributed by atoms with van der Waals surface area (Å²) in [4.78, 5) is 2.63. The van der Waals surface area contributed by atoms with Crippen LogP contribution in [0.15, 0.2) is 60.7 Å². The van der Waals surface area contributed by atoms with Crippen LogP contribution in [0.4, 0.5) is 0 Å². The number of rotatable bonds is 3. The first-order valence-corrected chi connectivity index (χ1v) is 7.84. The topological polar surface area (TPSA) is 15.3 Å². The number of nitrogens with one attached hydrogen (secondary N) is 1. The van der Waals surface area contributed by atoms with Crippen molar-refractivity contribution in [2.45, 2.75) is 32.0 Å². The van der Waals surface area contributed by atoms with Gasteiger partial charge in [0.1, 0.15) is 0 Å². The zero-order chi connectivity index (χ0) is 14.7. The van der Waals surface area contributed by atoms with Crippen molar-refractivity contribution in [2.75, 3.05) is 13.1 Å². The van der Waals surface area contributed by atoms with Crippen LogP contribution in [0.1, 0.15) is 31.0 Å². The molecule has 1 heterocycles. The van der Waals surface area contributed by atoms with E-state index in [4.69, 9.17) is 0 Å². The third kappa shape index (κ3) is 3.17. The lowest BCUT2D eigenvalue weighted by Crippen LogP contribution is -2.55. The van der Waals surface area contributed by atoms with Crippen molar-refractivity contribution in [2.24, 2.45) is 0 Å². The third-order valence-electron chi connectivity index (χ3n) is 4.37. The van der Waals surface area contributed by atoms with Gasteiger partial charge in [-0.15, -0.1) is 0 Å². The highest BCUT2D eigenvalue weighted by Gasteiger charge is 2.30. The van der Waals surface area contributed by atoms with Gasteiger partial charge >= 0.3 is 0 Å². The van der Waals surface area contributed by atoms with Crippen molar-refractivity contribution in [3.8, 4) is 0 Å². The summed E-state index contributed by atoms with van der Waals surface area (Å²) in [5.41, 5.74) is 2.76. The second kappa shape index (κ2) is 6.42. The maximum Gasteiger partial charge on any atom is 0.0605 e. The number of hydrogen-bond donors (Lipinski definition) is 1. The average Bonchev–Trinajstić information content (AvgIpc) is 2.53. The average molecular weight is 280 g/mol. The maximum atomic E-state index is 3.58. The van der Waals surface area contributed by atoms with Gasteiger partial charge in [-0.25, -0.2) is 0 Å². The Morgan fingerprint density at radius 2 is 1.43 bits per heavy atom. The lowest BCUT2D eigenvalue weighted by Gasteiger charge is -2.43. The Morgan fingerprint density at radius 3 is 1.95 bits per heavy atom. The fraction of sp³-hybridized carbons (Fsp3) is 0.368. The molecular formula is C19H24N2. The molecule has 2 aromatic carbocycles. The van der Waals surface area contributed by atoms with Crippen LogP contribution in [0.5, 0.6) is 0 Å². The second-order valence-corrected chi connectivity index (χ2v) is 6.08. The first-order chi connectivity index (χ1) is 10.3. The normalized spacial score (nSPS) is 23.4. The molecule has 2 atom stereocenters. The molecule has 1 fully saturated rings. The lowest BCUT2D eigenvalue weighted by molar-refractivity contribution is 0.113. The predicted octanol–water partition coefficient (Wildman–Crippen LogP) is 3.46. The molecule has 1 N–H and O–H groups in total. The van der Waals surface area contributed by atoms with Crippen LogP contribution < -0.4 is 5.32 Å². The van der Waals surface area contributed by atoms with Gasteiger partial charge in [0, 0.05) is 25.2 Å². The first-order valence-electron chi connectivity index (χ1n) is 7.84. The van der Waals surface area contributed by atoms with Gasteiger partial charge in [0.05, 0.1) is 6.04 Å². The maximum absolute atomic E-state index is 3.58. The van der Waals surface area contributed by atoms with E-state index in [9.17, 15) is 0 Å². The summed E-state index contributed by atoms with van der Waals surface area (Å²) in [5.74, 6) is 0. The van der Waals surface area contributed by atoms with Gasteiger partial charge in [0.15, 0.2) is 0 Å². The third-order valence-corrected chi connectivity index (χ3v) is 4.37. The van der Waals surface area contributed by atoms with Crippen molar-refractivity contribution in [3.05, 3.63) is 71.8 Å². The zero-order valence-corrected chi connectivity index (χ0v) is 12.9. The largest absolute Gasteiger partial charge is 0.311 e. The summed E-state index contributed by atoms with van der Waals surface area (Å²) in [6.07, 6.45) is 0. The molecule has 1 aliphatic heterocycles. The van der Waals surface area contributed by atoms with E-state index in [-0.39, 0.29) is 0 Å². The van der Waals surface area contributed by atoms with Gasteiger partial charge in [0.2, 0.25) is 0 Å². The molecule has 0 bridgehead atoms. The van der Waals surface area contributed by atoms with Crippen LogP contribution in [0.2, 0.25) is 0 Å². The Morgan fingerprint density at radius 1 is 0.905 bits per heavy atom. The molecule has 1 saturated heterocycles. The number of hydrogen-bond acceptors (Lipinski definition) is 2. The van der Waals surface area contributed by atoms with E-state index in [0.717, 1.165) is 13.1 Å². The van der Waals surface area contributed by atoms with E-state index >= 15 is 0 Å². The molecule has 0 unspecified atom stereocenters. The Balaban J connectivity index is 2.00. The van der Waals surface area contributed by atoms with E-state index in [1.807, 2.05) is 0 Å². The Kier molecular flexibility index (Phi) is 4.37. The minimum absolute atomic E-state index is 0.340. The van der Waals surface area contributed by atoms with Crippen LogP contribution >= 0.6 is 0 Å². The van der Waals surface area contributed by atoms with E-state index in [2.05, 4.69) is 84.7 Å². The molecule has 0 aromatic heterocycles. The van der Waals surface area contributed by atoms with Gasteiger partial charge in [0.25, 0.3) is 0 Å². The summed E-state index contributed by atoms with van der Waals surface area (Å²) < 4.78 is 0. The van der Waals surface area contributed by atoms with Crippen LogP contribution in [0.25, 0.3) is 0 Å². The first kappa shape index (κ1) is 14.3. The number of piperazine rings is 1. The van der Waals surface area contributed by atoms with E-state index < -0.39 is 0 Å². The lowest BCUT2D eigenvalue weighted by atomic mass is 9.94. The molecular weight excluding hydrogens is 256 g/mol. The van der Waals surface area contributed by atoms with E-state index in [0.29, 0.717) is 18.1 Å². The molecule has 21 heavy (non-hydrogen) atoms. The minimum atomic E-state index is 0.340. The van der Waals surface area contributed by atoms with Crippen LogP contribution in [0, 0.1) is 0 Å². The van der Waals surface area contributed by atoms with Gasteiger partial charge in [-0.2, -0.15) is 0 Å². The summed E-state index contributed by atoms with van der Waals surface area (Å²) in [6, 6.07) is 23.1. The molecule has 110 valence electrons. The molecule has 0 saturated carbocycles. The SMILES string of the molecule is C[C@@H]1CN(C(c2ccccc2)c2ccccc2)[C@H](C)CN1. The highest BCUT2D eigenvalue weighted by Crippen LogP contribution is 2.31. The summed E-state index contributed by atoms with van der Waals surface area (Å²) in [7, 11) is 0. The van der Waals surface area contributed by atoms with Gasteiger partial charge in [-0.05, 0) is 25.0 Å². The standard InChI is InChI=1S/C19H24N2/c1-15-14-21(16(2)13-20-15)19(17-9-5-3-6-10-17)18-11-7-4-8-12-18/h3-12,15-16,19-20H,13-14H2,1-2H3/t15-,16-/m1/s1. The Bertz CT molecular complexity index is 513. The molecule has 1 aliphatic rings. The van der Waals surface area contributed by atoms with Crippen molar-refractivity contribution in [3.63, 3.8) is 0 Å². The number of nitrogens with zero attached hydrogens (tertiary/aromatic N) is 1. The van der Waals surface area contributed by atoms with Crippen LogP contribution in [-0.4, -0.2) is 30.1 Å². The molecule has 3 rings (SSSR count). The molecule has 2 heteroatoms. The van der Waals surface area contributed by atoms with Crippen molar-refractivity contribution in [1.29, 1.82) is 0 Å². The van der Waals surface area contributed by atoms with Gasteiger partial charge < -0.3 is 5.32 Å². The predicted molar refractivity (Wildman–Crippen MR) is 88.4 cm³/mol. The Labute approximate surface area is 127 Å². The molecule has 0 amide bonds. The van der Waals surface area contributed by atoms with Crippen LogP contribution in [-0.2, 0) is 0 Å². The van der Waals surface area contributed by atoms with Crippen LogP contribution in [0.3, 0.4) is 0 Å². The van der Waals surface area contributed by atoms with Crippen molar-refractivity contribution < 1.29 is 0 Å². The molecule has 2 nitrogen and oxygen atoms in total. The highest BCUT2D eigenvalue weighted by atomic mass is 15.2. The summed E-state index contributed by atoms with van der Waals surface area (Å²) in [5, 5.41) is 3.58. The fourth-order valence-corrected chi connectivity index (χ4v) is 3.26. The highest BCUT2D eigenvalue weighted by molar-refractivity contribution is 5.32. The summed E-state index contributed by atoms with van der Waals surface area (Å²) >= 11 is 0. The molecule has 2 aromatic rings. The van der Waals surface area contributed by atoms with Crippen molar-refractivity contribution in [1.82, 2.24) is 10.2 Å². The number of benzene rings is 2. The monoisotopic (exact) mass is 280 g/mol. The van der Waals surface area contributed by atoms with Gasteiger partial charge in [-0.1, -0.05) is 60.7 Å². The quantitative estimate of drug-likeness (QED) is 0.926. The fourth-order valence-electron chi connectivity index (χ4n) is 3.26. The smallest absolute Gasteiger partial charge is 0.0605 e. The Hall–Kier alpha value is -1.64. The minimum Gasteiger partial charge on any atom is -0.311 e. The summed E-state index contributed by atoms with van der Waals surface area (Å²) in [6.45, 7) is 6.72. The van der Waals surface area contributed by atoms with Gasteiger partial charge in [-0.3, -0.25) is 4.90 Å². The van der Waals surface area contributed by atoms with E-state index in [1.165, 1.54) is 11.1 Å². The zero-order valence-electron chi connectivity index (χ0n) is 12.9.